The largest absolute Gasteiger partial charge is 0.493 e. The van der Waals surface area contributed by atoms with E-state index in [4.69, 9.17) is 14.2 Å². The maximum Gasteiger partial charge on any atom is 0.241 e. The Hall–Kier alpha value is -3.08. The Morgan fingerprint density at radius 2 is 1.94 bits per heavy atom. The van der Waals surface area contributed by atoms with Crippen molar-refractivity contribution in [1.82, 2.24) is 24.9 Å². The second kappa shape index (κ2) is 10.5. The van der Waals surface area contributed by atoms with Gasteiger partial charge in [-0.3, -0.25) is 9.69 Å². The normalized spacial score (nSPS) is 14.4. The fourth-order valence-corrected chi connectivity index (χ4v) is 5.37. The Morgan fingerprint density at radius 1 is 1.09 bits per heavy atom. The quantitative estimate of drug-likeness (QED) is 0.362. The van der Waals surface area contributed by atoms with Gasteiger partial charge in [0.2, 0.25) is 17.6 Å². The van der Waals surface area contributed by atoms with Crippen LogP contribution in [0.2, 0.25) is 0 Å². The van der Waals surface area contributed by atoms with E-state index in [0.29, 0.717) is 44.4 Å². The number of nitrogens with zero attached hydrogens (tertiary/aromatic N) is 5. The van der Waals surface area contributed by atoms with Crippen molar-refractivity contribution in [3.8, 4) is 27.0 Å². The monoisotopic (exact) mass is 495 g/mol. The minimum absolute atomic E-state index is 0.104. The van der Waals surface area contributed by atoms with Crippen LogP contribution in [0.4, 0.5) is 0 Å². The van der Waals surface area contributed by atoms with Crippen molar-refractivity contribution >= 4 is 28.6 Å². The van der Waals surface area contributed by atoms with Gasteiger partial charge in [-0.1, -0.05) is 23.4 Å². The van der Waals surface area contributed by atoms with Gasteiger partial charge in [0.25, 0.3) is 0 Å². The van der Waals surface area contributed by atoms with E-state index in [2.05, 4.69) is 15.0 Å². The van der Waals surface area contributed by atoms with Gasteiger partial charge in [-0.25, -0.2) is 4.98 Å². The molecule has 1 aliphatic heterocycles. The van der Waals surface area contributed by atoms with Gasteiger partial charge in [-0.15, -0.1) is 22.7 Å². The number of benzene rings is 1. The highest BCUT2D eigenvalue weighted by molar-refractivity contribution is 7.13. The van der Waals surface area contributed by atoms with E-state index in [0.717, 1.165) is 40.0 Å². The van der Waals surface area contributed by atoms with Gasteiger partial charge in [0.1, 0.15) is 10.8 Å². The first-order valence-corrected chi connectivity index (χ1v) is 13.0. The second-order valence-corrected chi connectivity index (χ2v) is 9.70. The Kier molecular flexibility index (Phi) is 6.98. The lowest BCUT2D eigenvalue weighted by Crippen LogP contribution is -2.48. The molecule has 8 nitrogen and oxygen atoms in total. The Balaban J connectivity index is 1.13. The molecule has 1 amide bonds. The number of para-hydroxylation sites is 1. The number of carbonyl (C=O) groups excluding carboxylic acids is 1. The van der Waals surface area contributed by atoms with Gasteiger partial charge in [0, 0.05) is 31.6 Å². The Labute approximate surface area is 205 Å². The van der Waals surface area contributed by atoms with Crippen molar-refractivity contribution in [1.29, 1.82) is 0 Å². The summed E-state index contributed by atoms with van der Waals surface area (Å²) in [6.07, 6.45) is 0.307. The molecule has 1 fully saturated rings. The SMILES string of the molecule is CCOc1ccccc1-c1nc(CC(=O)N2CCN(Cc3nc(-c4cccs4)no3)CC2)cs1. The summed E-state index contributed by atoms with van der Waals surface area (Å²) in [7, 11) is 0. The lowest BCUT2D eigenvalue weighted by molar-refractivity contribution is -0.132. The summed E-state index contributed by atoms with van der Waals surface area (Å²) >= 11 is 3.13. The molecular weight excluding hydrogens is 470 g/mol. The molecule has 4 aromatic rings. The molecule has 0 radical (unpaired) electrons. The number of hydrogen-bond acceptors (Lipinski definition) is 9. The zero-order chi connectivity index (χ0) is 23.3. The maximum absolute atomic E-state index is 12.9. The molecule has 0 bridgehead atoms. The molecule has 1 aromatic carbocycles. The third-order valence-corrected chi connectivity index (χ3v) is 7.39. The number of carbonyl (C=O) groups is 1. The van der Waals surface area contributed by atoms with E-state index < -0.39 is 0 Å². The summed E-state index contributed by atoms with van der Waals surface area (Å²) in [5.74, 6) is 2.15. The average Bonchev–Trinajstić information content (AvgIpc) is 3.62. The van der Waals surface area contributed by atoms with Crippen LogP contribution in [-0.2, 0) is 17.8 Å². The fraction of sp³-hybridized carbons (Fsp3) is 0.333. The Bertz CT molecular complexity index is 1230. The van der Waals surface area contributed by atoms with Gasteiger partial charge < -0.3 is 14.2 Å². The summed E-state index contributed by atoms with van der Waals surface area (Å²) < 4.78 is 11.1. The van der Waals surface area contributed by atoms with Crippen LogP contribution in [0.15, 0.2) is 51.7 Å². The number of thiophene rings is 1. The molecule has 0 atom stereocenters. The van der Waals surface area contributed by atoms with E-state index in [1.807, 2.05) is 59.0 Å². The maximum atomic E-state index is 12.9. The van der Waals surface area contributed by atoms with Crippen LogP contribution in [-0.4, -0.2) is 63.6 Å². The van der Waals surface area contributed by atoms with Crippen molar-refractivity contribution in [2.45, 2.75) is 19.9 Å². The molecule has 1 saturated heterocycles. The van der Waals surface area contributed by atoms with Gasteiger partial charge in [-0.05, 0) is 30.5 Å². The van der Waals surface area contributed by atoms with Crippen LogP contribution in [0.25, 0.3) is 21.3 Å². The molecule has 1 aliphatic rings. The first-order chi connectivity index (χ1) is 16.7. The molecular formula is C24H25N5O3S2. The van der Waals surface area contributed by atoms with Crippen molar-refractivity contribution in [3.63, 3.8) is 0 Å². The van der Waals surface area contributed by atoms with E-state index in [1.165, 1.54) is 0 Å². The highest BCUT2D eigenvalue weighted by Crippen LogP contribution is 2.32. The van der Waals surface area contributed by atoms with Crippen molar-refractivity contribution in [2.75, 3.05) is 32.8 Å². The number of thiazole rings is 1. The molecule has 0 aliphatic carbocycles. The standard InChI is InChI=1S/C24H25N5O3S2/c1-2-31-19-7-4-3-6-18(19)24-25-17(16-34-24)14-22(30)29-11-9-28(10-12-29)15-21-26-23(27-32-21)20-8-5-13-33-20/h3-8,13,16H,2,9-12,14-15H2,1H3. The van der Waals surface area contributed by atoms with Crippen molar-refractivity contribution < 1.29 is 14.1 Å². The Morgan fingerprint density at radius 3 is 2.74 bits per heavy atom. The molecule has 0 saturated carbocycles. The molecule has 34 heavy (non-hydrogen) atoms. The van der Waals surface area contributed by atoms with E-state index >= 15 is 0 Å². The minimum atomic E-state index is 0.104. The zero-order valence-corrected chi connectivity index (χ0v) is 20.5. The van der Waals surface area contributed by atoms with E-state index in [1.54, 1.807) is 22.7 Å². The van der Waals surface area contributed by atoms with Crippen LogP contribution in [0, 0.1) is 0 Å². The lowest BCUT2D eigenvalue weighted by Gasteiger charge is -2.33. The minimum Gasteiger partial charge on any atom is -0.493 e. The molecule has 3 aromatic heterocycles. The molecule has 10 heteroatoms. The van der Waals surface area contributed by atoms with Crippen LogP contribution in [0.3, 0.4) is 0 Å². The molecule has 0 spiro atoms. The number of aromatic nitrogens is 3. The van der Waals surface area contributed by atoms with E-state index in [-0.39, 0.29) is 5.91 Å². The van der Waals surface area contributed by atoms with Crippen LogP contribution < -0.4 is 4.74 Å². The molecule has 0 unspecified atom stereocenters. The summed E-state index contributed by atoms with van der Waals surface area (Å²) in [6, 6.07) is 11.8. The number of ether oxygens (including phenoxy) is 1. The van der Waals surface area contributed by atoms with Crippen LogP contribution in [0.1, 0.15) is 18.5 Å². The molecule has 4 heterocycles. The van der Waals surface area contributed by atoms with Crippen LogP contribution >= 0.6 is 22.7 Å². The van der Waals surface area contributed by atoms with Gasteiger partial charge in [0.05, 0.1) is 35.7 Å². The number of piperazine rings is 1. The van der Waals surface area contributed by atoms with Crippen molar-refractivity contribution in [2.24, 2.45) is 0 Å². The van der Waals surface area contributed by atoms with Gasteiger partial charge in [0.15, 0.2) is 0 Å². The number of rotatable bonds is 8. The molecule has 5 rings (SSSR count). The predicted octanol–water partition coefficient (Wildman–Crippen LogP) is 4.21. The summed E-state index contributed by atoms with van der Waals surface area (Å²) in [5.41, 5.74) is 1.76. The second-order valence-electron chi connectivity index (χ2n) is 7.90. The summed E-state index contributed by atoms with van der Waals surface area (Å²) in [6.45, 7) is 6.05. The summed E-state index contributed by atoms with van der Waals surface area (Å²) in [4.78, 5) is 27.2. The molecule has 176 valence electrons. The first kappa shape index (κ1) is 22.7. The van der Waals surface area contributed by atoms with E-state index in [9.17, 15) is 4.79 Å². The third kappa shape index (κ3) is 5.19. The smallest absolute Gasteiger partial charge is 0.241 e. The summed E-state index contributed by atoms with van der Waals surface area (Å²) in [5, 5.41) is 8.91. The predicted molar refractivity (Wildman–Crippen MR) is 132 cm³/mol. The van der Waals surface area contributed by atoms with Crippen molar-refractivity contribution in [3.05, 3.63) is 58.7 Å². The third-order valence-electron chi connectivity index (χ3n) is 5.59. The number of amides is 1. The average molecular weight is 496 g/mol. The number of hydrogen-bond donors (Lipinski definition) is 0. The highest BCUT2D eigenvalue weighted by Gasteiger charge is 2.23. The highest BCUT2D eigenvalue weighted by atomic mass is 32.1. The fourth-order valence-electron chi connectivity index (χ4n) is 3.87. The molecule has 0 N–H and O–H groups in total. The van der Waals surface area contributed by atoms with Crippen LogP contribution in [0.5, 0.6) is 5.75 Å². The zero-order valence-electron chi connectivity index (χ0n) is 18.8. The topological polar surface area (TPSA) is 84.6 Å². The van der Waals surface area contributed by atoms with Gasteiger partial charge in [-0.2, -0.15) is 4.98 Å². The lowest BCUT2D eigenvalue weighted by atomic mass is 10.2. The van der Waals surface area contributed by atoms with Gasteiger partial charge >= 0.3 is 0 Å². The first-order valence-electron chi connectivity index (χ1n) is 11.2.